The number of nitrogen functional groups attached to an aromatic ring is 1. The van der Waals surface area contributed by atoms with Crippen LogP contribution < -0.4 is 5.73 Å². The summed E-state index contributed by atoms with van der Waals surface area (Å²) in [5.41, 5.74) is 8.07. The fourth-order valence-corrected chi connectivity index (χ4v) is 3.07. The van der Waals surface area contributed by atoms with E-state index >= 15 is 0 Å². The molecule has 2 N–H and O–H groups in total. The summed E-state index contributed by atoms with van der Waals surface area (Å²) in [5, 5.41) is 0. The number of likely N-dealkylation sites (N-methyl/N-ethyl adjacent to an activating group) is 1. The predicted octanol–water partition coefficient (Wildman–Crippen LogP) is 3.47. The molecule has 2 rings (SSSR count). The van der Waals surface area contributed by atoms with Gasteiger partial charge in [-0.05, 0) is 43.5 Å². The molecule has 1 fully saturated rings. The van der Waals surface area contributed by atoms with Gasteiger partial charge in [-0.1, -0.05) is 38.3 Å². The normalized spacial score (nSPS) is 17.2. The molecule has 1 aromatic carbocycles. The molecule has 1 saturated carbocycles. The lowest BCUT2D eigenvalue weighted by Crippen LogP contribution is -2.38. The molecule has 0 saturated heterocycles. The molecule has 0 aliphatic heterocycles. The highest BCUT2D eigenvalue weighted by atomic mass is 15.1. The zero-order valence-electron chi connectivity index (χ0n) is 11.6. The van der Waals surface area contributed by atoms with Crippen LogP contribution in [0.3, 0.4) is 0 Å². The molecule has 0 heterocycles. The first kappa shape index (κ1) is 13.4. The van der Waals surface area contributed by atoms with Gasteiger partial charge in [0, 0.05) is 18.3 Å². The molecule has 2 nitrogen and oxygen atoms in total. The van der Waals surface area contributed by atoms with Crippen molar-refractivity contribution in [3.63, 3.8) is 0 Å². The maximum Gasteiger partial charge on any atom is 0.0316 e. The molecule has 0 spiro atoms. The summed E-state index contributed by atoms with van der Waals surface area (Å²) >= 11 is 0. The summed E-state index contributed by atoms with van der Waals surface area (Å²) < 4.78 is 0. The van der Waals surface area contributed by atoms with Crippen LogP contribution in [0.25, 0.3) is 0 Å². The Morgan fingerprint density at radius 1 is 1.22 bits per heavy atom. The second-order valence-electron chi connectivity index (χ2n) is 5.42. The maximum atomic E-state index is 5.83. The Bertz CT molecular complexity index is 356. The van der Waals surface area contributed by atoms with E-state index in [-0.39, 0.29) is 0 Å². The van der Waals surface area contributed by atoms with Gasteiger partial charge in [-0.3, -0.25) is 0 Å². The smallest absolute Gasteiger partial charge is 0.0316 e. The molecule has 1 aromatic rings. The van der Waals surface area contributed by atoms with E-state index in [1.165, 1.54) is 50.8 Å². The minimum atomic E-state index is 0.824. The molecule has 0 atom stereocenters. The van der Waals surface area contributed by atoms with E-state index in [4.69, 9.17) is 5.73 Å². The van der Waals surface area contributed by atoms with E-state index in [2.05, 4.69) is 30.0 Å². The summed E-state index contributed by atoms with van der Waals surface area (Å²) in [4.78, 5) is 2.66. The molecule has 0 aromatic heterocycles. The quantitative estimate of drug-likeness (QED) is 0.806. The number of hydrogen-bond acceptors (Lipinski definition) is 2. The largest absolute Gasteiger partial charge is 0.399 e. The van der Waals surface area contributed by atoms with Gasteiger partial charge >= 0.3 is 0 Å². The first-order chi connectivity index (χ1) is 8.79. The van der Waals surface area contributed by atoms with E-state index in [1.54, 1.807) is 0 Å². The van der Waals surface area contributed by atoms with Crippen molar-refractivity contribution in [1.82, 2.24) is 4.90 Å². The second-order valence-corrected chi connectivity index (χ2v) is 5.42. The third-order valence-corrected chi connectivity index (χ3v) is 4.14. The molecular formula is C16H26N2. The zero-order valence-corrected chi connectivity index (χ0v) is 11.6. The van der Waals surface area contributed by atoms with Gasteiger partial charge in [0.15, 0.2) is 0 Å². The molecule has 0 amide bonds. The van der Waals surface area contributed by atoms with Crippen LogP contribution in [0.1, 0.15) is 44.6 Å². The lowest BCUT2D eigenvalue weighted by atomic mass is 9.94. The standard InChI is InChI=1S/C16H26N2/c1-2-18(16-9-4-3-5-10-16)12-11-14-7-6-8-15(17)13-14/h6-8,13,16H,2-5,9-12,17H2,1H3. The number of benzene rings is 1. The van der Waals surface area contributed by atoms with Gasteiger partial charge in [0.05, 0.1) is 0 Å². The van der Waals surface area contributed by atoms with Crippen molar-refractivity contribution in [3.05, 3.63) is 29.8 Å². The Morgan fingerprint density at radius 3 is 2.67 bits per heavy atom. The Hall–Kier alpha value is -1.02. The summed E-state index contributed by atoms with van der Waals surface area (Å²) in [6.45, 7) is 4.63. The Balaban J connectivity index is 1.86. The Morgan fingerprint density at radius 2 is 2.00 bits per heavy atom. The predicted molar refractivity (Wildman–Crippen MR) is 78.7 cm³/mol. The van der Waals surface area contributed by atoms with Crippen molar-refractivity contribution in [1.29, 1.82) is 0 Å². The summed E-state index contributed by atoms with van der Waals surface area (Å²) in [5.74, 6) is 0. The van der Waals surface area contributed by atoms with Crippen molar-refractivity contribution in [2.45, 2.75) is 51.5 Å². The van der Waals surface area contributed by atoms with Gasteiger partial charge in [0.2, 0.25) is 0 Å². The van der Waals surface area contributed by atoms with Crippen molar-refractivity contribution in [2.24, 2.45) is 0 Å². The Kier molecular flexibility index (Phi) is 5.06. The van der Waals surface area contributed by atoms with Gasteiger partial charge in [-0.2, -0.15) is 0 Å². The maximum absolute atomic E-state index is 5.83. The fourth-order valence-electron chi connectivity index (χ4n) is 3.07. The van der Waals surface area contributed by atoms with Crippen LogP contribution >= 0.6 is 0 Å². The van der Waals surface area contributed by atoms with Crippen molar-refractivity contribution in [2.75, 3.05) is 18.8 Å². The molecule has 0 radical (unpaired) electrons. The number of rotatable bonds is 5. The van der Waals surface area contributed by atoms with Crippen LogP contribution in [-0.4, -0.2) is 24.0 Å². The molecule has 0 bridgehead atoms. The minimum Gasteiger partial charge on any atom is -0.399 e. The van der Waals surface area contributed by atoms with Crippen LogP contribution in [-0.2, 0) is 6.42 Å². The first-order valence-corrected chi connectivity index (χ1v) is 7.38. The number of nitrogens with two attached hydrogens (primary N) is 1. The number of hydrogen-bond donors (Lipinski definition) is 1. The van der Waals surface area contributed by atoms with E-state index in [0.29, 0.717) is 0 Å². The minimum absolute atomic E-state index is 0.824. The van der Waals surface area contributed by atoms with Crippen molar-refractivity contribution < 1.29 is 0 Å². The van der Waals surface area contributed by atoms with Crippen LogP contribution in [0.4, 0.5) is 5.69 Å². The average molecular weight is 246 g/mol. The number of nitrogens with zero attached hydrogens (tertiary/aromatic N) is 1. The highest BCUT2D eigenvalue weighted by molar-refractivity contribution is 5.40. The second kappa shape index (κ2) is 6.79. The van der Waals surface area contributed by atoms with Crippen LogP contribution in [0.15, 0.2) is 24.3 Å². The van der Waals surface area contributed by atoms with Gasteiger partial charge in [0.25, 0.3) is 0 Å². The van der Waals surface area contributed by atoms with E-state index in [9.17, 15) is 0 Å². The summed E-state index contributed by atoms with van der Waals surface area (Å²) in [6.07, 6.45) is 8.17. The zero-order chi connectivity index (χ0) is 12.8. The SMILES string of the molecule is CCN(CCc1cccc(N)c1)C1CCCCC1. The lowest BCUT2D eigenvalue weighted by Gasteiger charge is -2.33. The molecule has 1 aliphatic carbocycles. The molecule has 0 unspecified atom stereocenters. The van der Waals surface area contributed by atoms with Gasteiger partial charge in [-0.25, -0.2) is 0 Å². The molecule has 100 valence electrons. The van der Waals surface area contributed by atoms with E-state index in [1.807, 2.05) is 6.07 Å². The summed E-state index contributed by atoms with van der Waals surface area (Å²) in [7, 11) is 0. The molecular weight excluding hydrogens is 220 g/mol. The van der Waals surface area contributed by atoms with Gasteiger partial charge in [-0.15, -0.1) is 0 Å². The molecule has 1 aliphatic rings. The lowest BCUT2D eigenvalue weighted by molar-refractivity contribution is 0.165. The van der Waals surface area contributed by atoms with Crippen LogP contribution in [0, 0.1) is 0 Å². The van der Waals surface area contributed by atoms with E-state index < -0.39 is 0 Å². The van der Waals surface area contributed by atoms with E-state index in [0.717, 1.165) is 18.2 Å². The Labute approximate surface area is 111 Å². The third-order valence-electron chi connectivity index (χ3n) is 4.14. The van der Waals surface area contributed by atoms with Crippen molar-refractivity contribution in [3.8, 4) is 0 Å². The monoisotopic (exact) mass is 246 g/mol. The van der Waals surface area contributed by atoms with Crippen LogP contribution in [0.2, 0.25) is 0 Å². The first-order valence-electron chi connectivity index (χ1n) is 7.38. The van der Waals surface area contributed by atoms with Crippen LogP contribution in [0.5, 0.6) is 0 Å². The van der Waals surface area contributed by atoms with Gasteiger partial charge in [0.1, 0.15) is 0 Å². The number of anilines is 1. The highest BCUT2D eigenvalue weighted by Crippen LogP contribution is 2.22. The van der Waals surface area contributed by atoms with Crippen molar-refractivity contribution >= 4 is 5.69 Å². The molecule has 18 heavy (non-hydrogen) atoms. The average Bonchev–Trinajstić information content (AvgIpc) is 2.41. The third kappa shape index (κ3) is 3.74. The fraction of sp³-hybridized carbons (Fsp3) is 0.625. The molecule has 2 heteroatoms. The highest BCUT2D eigenvalue weighted by Gasteiger charge is 2.19. The summed E-state index contributed by atoms with van der Waals surface area (Å²) in [6, 6.07) is 9.13. The van der Waals surface area contributed by atoms with Gasteiger partial charge < -0.3 is 10.6 Å². The topological polar surface area (TPSA) is 29.3 Å².